The van der Waals surface area contributed by atoms with Crippen molar-refractivity contribution in [3.8, 4) is 17.3 Å². The summed E-state index contributed by atoms with van der Waals surface area (Å²) < 4.78 is 0. The minimum Gasteiger partial charge on any atom is -0.344 e. The van der Waals surface area contributed by atoms with Crippen LogP contribution in [-0.2, 0) is 4.79 Å². The fourth-order valence-corrected chi connectivity index (χ4v) is 2.79. The third-order valence-corrected chi connectivity index (χ3v) is 4.04. The maximum absolute atomic E-state index is 12.0. The SMILES string of the molecule is Cc1cc(-c2ccccc2)nc(SCC(=O)N(C)CCC#N)n1. The van der Waals surface area contributed by atoms with Gasteiger partial charge in [0.25, 0.3) is 0 Å². The lowest BCUT2D eigenvalue weighted by Gasteiger charge is -2.14. The van der Waals surface area contributed by atoms with E-state index < -0.39 is 0 Å². The standard InChI is InChI=1S/C17H18N4OS/c1-13-11-15(14-7-4-3-5-8-14)20-17(19-13)23-12-16(22)21(2)10-6-9-18/h3-5,7-8,11H,6,10,12H2,1-2H3. The Morgan fingerprint density at radius 2 is 2.04 bits per heavy atom. The first-order valence-electron chi connectivity index (χ1n) is 7.25. The summed E-state index contributed by atoms with van der Waals surface area (Å²) in [7, 11) is 1.70. The van der Waals surface area contributed by atoms with Crippen molar-refractivity contribution in [2.75, 3.05) is 19.3 Å². The van der Waals surface area contributed by atoms with Crippen LogP contribution in [0.3, 0.4) is 0 Å². The molecule has 1 amide bonds. The van der Waals surface area contributed by atoms with Crippen LogP contribution in [-0.4, -0.2) is 40.1 Å². The van der Waals surface area contributed by atoms with Gasteiger partial charge in [-0.1, -0.05) is 42.1 Å². The molecule has 2 aromatic rings. The topological polar surface area (TPSA) is 69.9 Å². The van der Waals surface area contributed by atoms with Crippen LogP contribution in [0.4, 0.5) is 0 Å². The number of aryl methyl sites for hydroxylation is 1. The number of carbonyl (C=O) groups is 1. The fourth-order valence-electron chi connectivity index (χ4n) is 1.94. The van der Waals surface area contributed by atoms with Gasteiger partial charge in [-0.2, -0.15) is 5.26 Å². The van der Waals surface area contributed by atoms with Crippen LogP contribution in [0.25, 0.3) is 11.3 Å². The maximum Gasteiger partial charge on any atom is 0.232 e. The molecule has 0 atom stereocenters. The van der Waals surface area contributed by atoms with E-state index in [4.69, 9.17) is 5.26 Å². The second-order valence-corrected chi connectivity index (χ2v) is 6.00. The van der Waals surface area contributed by atoms with Crippen molar-refractivity contribution in [3.05, 3.63) is 42.1 Å². The van der Waals surface area contributed by atoms with E-state index in [0.29, 0.717) is 18.1 Å². The molecule has 1 heterocycles. The van der Waals surface area contributed by atoms with Gasteiger partial charge in [0.05, 0.1) is 23.9 Å². The van der Waals surface area contributed by atoms with E-state index in [1.165, 1.54) is 11.8 Å². The summed E-state index contributed by atoms with van der Waals surface area (Å²) in [5.74, 6) is 0.233. The van der Waals surface area contributed by atoms with E-state index in [9.17, 15) is 4.79 Å². The highest BCUT2D eigenvalue weighted by molar-refractivity contribution is 7.99. The Labute approximate surface area is 140 Å². The Morgan fingerprint density at radius 3 is 2.74 bits per heavy atom. The molecule has 0 aliphatic rings. The molecular weight excluding hydrogens is 308 g/mol. The molecule has 0 N–H and O–H groups in total. The zero-order valence-corrected chi connectivity index (χ0v) is 14.0. The number of nitriles is 1. The van der Waals surface area contributed by atoms with Crippen LogP contribution < -0.4 is 0 Å². The monoisotopic (exact) mass is 326 g/mol. The van der Waals surface area contributed by atoms with Crippen molar-refractivity contribution in [3.63, 3.8) is 0 Å². The van der Waals surface area contributed by atoms with Gasteiger partial charge in [0.2, 0.25) is 5.91 Å². The van der Waals surface area contributed by atoms with Gasteiger partial charge in [0.15, 0.2) is 5.16 Å². The minimum atomic E-state index is -0.0309. The zero-order chi connectivity index (χ0) is 16.7. The molecule has 0 unspecified atom stereocenters. The molecule has 0 radical (unpaired) electrons. The van der Waals surface area contributed by atoms with Crippen molar-refractivity contribution in [2.45, 2.75) is 18.5 Å². The quantitative estimate of drug-likeness (QED) is 0.603. The molecule has 0 saturated carbocycles. The molecule has 118 valence electrons. The van der Waals surface area contributed by atoms with Crippen LogP contribution in [0.15, 0.2) is 41.6 Å². The minimum absolute atomic E-state index is 0.0309. The first-order valence-corrected chi connectivity index (χ1v) is 8.23. The normalized spacial score (nSPS) is 10.1. The van der Waals surface area contributed by atoms with Crippen LogP contribution in [0.2, 0.25) is 0 Å². The van der Waals surface area contributed by atoms with E-state index in [1.807, 2.05) is 49.4 Å². The third-order valence-electron chi connectivity index (χ3n) is 3.21. The summed E-state index contributed by atoms with van der Waals surface area (Å²) in [6, 6.07) is 13.9. The van der Waals surface area contributed by atoms with Gasteiger partial charge in [0, 0.05) is 24.8 Å². The summed E-state index contributed by atoms with van der Waals surface area (Å²) in [6.07, 6.45) is 0.339. The molecule has 6 heteroatoms. The molecule has 0 spiro atoms. The summed E-state index contributed by atoms with van der Waals surface area (Å²) in [4.78, 5) is 22.5. The number of carbonyl (C=O) groups excluding carboxylic acids is 1. The number of aromatic nitrogens is 2. The van der Waals surface area contributed by atoms with Crippen molar-refractivity contribution >= 4 is 17.7 Å². The lowest BCUT2D eigenvalue weighted by atomic mass is 10.1. The smallest absolute Gasteiger partial charge is 0.232 e. The highest BCUT2D eigenvalue weighted by Crippen LogP contribution is 2.21. The average Bonchev–Trinajstić information content (AvgIpc) is 2.57. The van der Waals surface area contributed by atoms with Gasteiger partial charge >= 0.3 is 0 Å². The Balaban J connectivity index is 2.05. The number of rotatable bonds is 6. The molecular formula is C17H18N4OS. The molecule has 0 fully saturated rings. The first kappa shape index (κ1) is 17.0. The van der Waals surface area contributed by atoms with E-state index >= 15 is 0 Å². The van der Waals surface area contributed by atoms with E-state index in [2.05, 4.69) is 9.97 Å². The van der Waals surface area contributed by atoms with Gasteiger partial charge in [-0.25, -0.2) is 9.97 Å². The lowest BCUT2D eigenvalue weighted by molar-refractivity contribution is -0.127. The van der Waals surface area contributed by atoms with E-state index in [0.717, 1.165) is 17.0 Å². The predicted octanol–water partition coefficient (Wildman–Crippen LogP) is 2.92. The van der Waals surface area contributed by atoms with Crippen molar-refractivity contribution in [2.24, 2.45) is 0 Å². The third kappa shape index (κ3) is 5.08. The Kier molecular flexibility index (Phi) is 6.12. The van der Waals surface area contributed by atoms with Gasteiger partial charge in [0.1, 0.15) is 0 Å². The summed E-state index contributed by atoms with van der Waals surface area (Å²) >= 11 is 1.32. The van der Waals surface area contributed by atoms with Gasteiger partial charge in [-0.3, -0.25) is 4.79 Å². The Bertz CT molecular complexity index is 712. The largest absolute Gasteiger partial charge is 0.344 e. The van der Waals surface area contributed by atoms with E-state index in [1.54, 1.807) is 11.9 Å². The second kappa shape index (κ2) is 8.30. The molecule has 1 aromatic heterocycles. The van der Waals surface area contributed by atoms with Crippen LogP contribution >= 0.6 is 11.8 Å². The zero-order valence-electron chi connectivity index (χ0n) is 13.2. The fraction of sp³-hybridized carbons (Fsp3) is 0.294. The Morgan fingerprint density at radius 1 is 1.30 bits per heavy atom. The number of thioether (sulfide) groups is 1. The summed E-state index contributed by atoms with van der Waals surface area (Å²) in [5.41, 5.74) is 2.75. The number of nitrogens with zero attached hydrogens (tertiary/aromatic N) is 4. The van der Waals surface area contributed by atoms with Gasteiger partial charge in [-0.05, 0) is 13.0 Å². The average molecular weight is 326 g/mol. The van der Waals surface area contributed by atoms with Crippen LogP contribution in [0.1, 0.15) is 12.1 Å². The highest BCUT2D eigenvalue weighted by atomic mass is 32.2. The number of amides is 1. The maximum atomic E-state index is 12.0. The number of benzene rings is 1. The van der Waals surface area contributed by atoms with Gasteiger partial charge < -0.3 is 4.90 Å². The molecule has 2 rings (SSSR count). The molecule has 1 aromatic carbocycles. The summed E-state index contributed by atoms with van der Waals surface area (Å²) in [6.45, 7) is 2.36. The van der Waals surface area contributed by atoms with Crippen molar-refractivity contribution in [1.82, 2.24) is 14.9 Å². The Hall–Kier alpha value is -2.39. The second-order valence-electron chi connectivity index (χ2n) is 5.06. The summed E-state index contributed by atoms with van der Waals surface area (Å²) in [5, 5.41) is 9.15. The first-order chi connectivity index (χ1) is 11.1. The van der Waals surface area contributed by atoms with Crippen molar-refractivity contribution < 1.29 is 4.79 Å². The number of hydrogen-bond donors (Lipinski definition) is 0. The lowest BCUT2D eigenvalue weighted by Crippen LogP contribution is -2.29. The highest BCUT2D eigenvalue weighted by Gasteiger charge is 2.11. The molecule has 23 heavy (non-hydrogen) atoms. The number of hydrogen-bond acceptors (Lipinski definition) is 5. The molecule has 0 aliphatic carbocycles. The predicted molar refractivity (Wildman–Crippen MR) is 90.8 cm³/mol. The molecule has 5 nitrogen and oxygen atoms in total. The molecule has 0 aliphatic heterocycles. The van der Waals surface area contributed by atoms with Crippen LogP contribution in [0, 0.1) is 18.3 Å². The van der Waals surface area contributed by atoms with Crippen molar-refractivity contribution in [1.29, 1.82) is 5.26 Å². The van der Waals surface area contributed by atoms with Gasteiger partial charge in [-0.15, -0.1) is 0 Å². The van der Waals surface area contributed by atoms with Crippen LogP contribution in [0.5, 0.6) is 0 Å². The molecule has 0 saturated heterocycles. The molecule has 0 bridgehead atoms. The van der Waals surface area contributed by atoms with E-state index in [-0.39, 0.29) is 11.7 Å².